The molecule has 0 aliphatic rings. The molecule has 4 heterocycles. The Morgan fingerprint density at radius 1 is 0.842 bits per heavy atom. The van der Waals surface area contributed by atoms with Crippen molar-refractivity contribution >= 4 is 17.3 Å². The van der Waals surface area contributed by atoms with Crippen LogP contribution in [0.15, 0.2) is 66.7 Å². The molecule has 38 heavy (non-hydrogen) atoms. The molecule has 0 aliphatic heterocycles. The van der Waals surface area contributed by atoms with E-state index < -0.39 is 11.9 Å². The van der Waals surface area contributed by atoms with Gasteiger partial charge in [0.1, 0.15) is 17.4 Å². The molecule has 5 aromatic rings. The summed E-state index contributed by atoms with van der Waals surface area (Å²) in [6.07, 6.45) is 0.917. The van der Waals surface area contributed by atoms with E-state index in [1.807, 2.05) is 56.3 Å². The van der Waals surface area contributed by atoms with Crippen LogP contribution in [0, 0.1) is 26.2 Å². The molecule has 0 spiro atoms. The van der Waals surface area contributed by atoms with Crippen LogP contribution in [0.3, 0.4) is 0 Å². The molecule has 8 nitrogen and oxygen atoms in total. The van der Waals surface area contributed by atoms with Gasteiger partial charge in [-0.3, -0.25) is 25.1 Å². The topological polar surface area (TPSA) is 73.9 Å². The van der Waals surface area contributed by atoms with E-state index in [4.69, 9.17) is 9.72 Å². The third kappa shape index (κ3) is 5.62. The molecule has 0 saturated heterocycles. The minimum Gasteiger partial charge on any atom is -0.498 e. The first kappa shape index (κ1) is 27.1. The second-order valence-electron chi connectivity index (χ2n) is 8.15. The van der Waals surface area contributed by atoms with E-state index in [-0.39, 0.29) is 26.9 Å². The van der Waals surface area contributed by atoms with Crippen molar-refractivity contribution < 1.29 is 39.0 Å². The third-order valence-corrected chi connectivity index (χ3v) is 5.33. The number of alkyl halides is 3. The average molecular weight is 699 g/mol. The standard InChI is InChI=1S/C26H20F3N7O.Pt/c1-17-13-22(34-11-9-18(2)32-34)30-24(14-17)36(19-7-5-4-6-8-19)25-16-20(37-3)15-23(31-25)35-12-10-21(33-35)26(27,28)29;/h4-10,13-16H,1-3H3;/q-2;+2. The number of methoxy groups -OCH3 is 1. The number of ether oxygens (including phenoxy) is 1. The van der Waals surface area contributed by atoms with Gasteiger partial charge < -0.3 is 14.1 Å². The SMILES string of the molecule is COc1cc(N(c2ccccc2)c2cc(C)cc(-n3[c-]cc(C)n3)n2)nc(-n2[c-]cc(C(F)(F)F)n2)c1.[Pt+2]. The summed E-state index contributed by atoms with van der Waals surface area (Å²) in [5, 5.41) is 8.02. The van der Waals surface area contributed by atoms with Crippen molar-refractivity contribution in [1.29, 1.82) is 0 Å². The molecule has 0 saturated carbocycles. The quantitative estimate of drug-likeness (QED) is 0.217. The van der Waals surface area contributed by atoms with E-state index in [1.165, 1.54) is 13.2 Å². The van der Waals surface area contributed by atoms with E-state index in [1.54, 1.807) is 21.7 Å². The molecule has 5 rings (SSSR count). The summed E-state index contributed by atoms with van der Waals surface area (Å²) < 4.78 is 47.4. The van der Waals surface area contributed by atoms with Gasteiger partial charge in [0.15, 0.2) is 0 Å². The van der Waals surface area contributed by atoms with Crippen molar-refractivity contribution in [2.45, 2.75) is 20.0 Å². The van der Waals surface area contributed by atoms with Crippen molar-refractivity contribution in [3.05, 3.63) is 96.1 Å². The minimum absolute atomic E-state index is 0. The molecule has 0 aliphatic carbocycles. The predicted molar refractivity (Wildman–Crippen MR) is 130 cm³/mol. The molecule has 0 amide bonds. The molecule has 0 fully saturated rings. The first-order valence-electron chi connectivity index (χ1n) is 11.1. The number of halogens is 3. The Kier molecular flexibility index (Phi) is 7.68. The van der Waals surface area contributed by atoms with Crippen LogP contribution < -0.4 is 9.64 Å². The number of pyridine rings is 2. The molecule has 0 atom stereocenters. The maximum Gasteiger partial charge on any atom is 2.00 e. The number of anilines is 3. The van der Waals surface area contributed by atoms with Crippen molar-refractivity contribution in [1.82, 2.24) is 29.5 Å². The van der Waals surface area contributed by atoms with Gasteiger partial charge in [0, 0.05) is 11.8 Å². The van der Waals surface area contributed by atoms with E-state index in [9.17, 15) is 13.2 Å². The summed E-state index contributed by atoms with van der Waals surface area (Å²) in [4.78, 5) is 11.2. The second-order valence-corrected chi connectivity index (χ2v) is 8.15. The largest absolute Gasteiger partial charge is 2.00 e. The number of rotatable bonds is 6. The van der Waals surface area contributed by atoms with Crippen LogP contribution in [0.1, 0.15) is 17.0 Å². The smallest absolute Gasteiger partial charge is 0.498 e. The van der Waals surface area contributed by atoms with Gasteiger partial charge >= 0.3 is 27.2 Å². The number of nitrogens with zero attached hydrogens (tertiary/aromatic N) is 7. The maximum absolute atomic E-state index is 13.2. The number of para-hydroxylation sites is 1. The summed E-state index contributed by atoms with van der Waals surface area (Å²) in [6.45, 7) is 3.79. The Morgan fingerprint density at radius 2 is 1.47 bits per heavy atom. The van der Waals surface area contributed by atoms with Gasteiger partial charge in [-0.15, -0.1) is 12.1 Å². The Labute approximate surface area is 231 Å². The summed E-state index contributed by atoms with van der Waals surface area (Å²) in [7, 11) is 1.46. The molecule has 12 heteroatoms. The monoisotopic (exact) mass is 698 g/mol. The molecular formula is C26H20F3N7OPt. The van der Waals surface area contributed by atoms with Crippen LogP contribution in [-0.2, 0) is 27.2 Å². The van der Waals surface area contributed by atoms with Crippen LogP contribution in [0.4, 0.5) is 30.5 Å². The van der Waals surface area contributed by atoms with E-state index >= 15 is 0 Å². The van der Waals surface area contributed by atoms with Crippen molar-refractivity contribution in [3.63, 3.8) is 0 Å². The van der Waals surface area contributed by atoms with Crippen LogP contribution >= 0.6 is 0 Å². The van der Waals surface area contributed by atoms with E-state index in [0.29, 0.717) is 23.2 Å². The van der Waals surface area contributed by atoms with Crippen molar-refractivity contribution in [3.8, 4) is 17.4 Å². The molecule has 1 aromatic carbocycles. The molecule has 0 unspecified atom stereocenters. The van der Waals surface area contributed by atoms with Gasteiger partial charge in [-0.05, 0) is 36.9 Å². The van der Waals surface area contributed by atoms with Gasteiger partial charge in [0.05, 0.1) is 24.4 Å². The Balaban J connectivity index is 0.00000336. The maximum atomic E-state index is 13.2. The predicted octanol–water partition coefficient (Wildman–Crippen LogP) is 5.56. The first-order chi connectivity index (χ1) is 17.7. The fourth-order valence-corrected chi connectivity index (χ4v) is 3.66. The zero-order valence-corrected chi connectivity index (χ0v) is 22.6. The van der Waals surface area contributed by atoms with Gasteiger partial charge in [-0.25, -0.2) is 0 Å². The zero-order chi connectivity index (χ0) is 26.2. The summed E-state index contributed by atoms with van der Waals surface area (Å²) in [5.74, 6) is 1.86. The van der Waals surface area contributed by atoms with Gasteiger partial charge in [-0.1, -0.05) is 49.1 Å². The van der Waals surface area contributed by atoms with Gasteiger partial charge in [0.2, 0.25) is 0 Å². The molecule has 4 aromatic heterocycles. The number of aryl methyl sites for hydroxylation is 2. The van der Waals surface area contributed by atoms with Crippen LogP contribution in [0.2, 0.25) is 0 Å². The number of aromatic nitrogens is 6. The third-order valence-electron chi connectivity index (χ3n) is 5.33. The summed E-state index contributed by atoms with van der Waals surface area (Å²) in [6, 6.07) is 18.8. The number of hydrogen-bond acceptors (Lipinski definition) is 6. The number of benzene rings is 1. The van der Waals surface area contributed by atoms with Crippen LogP contribution in [-0.4, -0.2) is 36.6 Å². The minimum atomic E-state index is -4.61. The molecule has 0 radical (unpaired) electrons. The average Bonchev–Trinajstić information content (AvgIpc) is 3.54. The fraction of sp³-hybridized carbons (Fsp3) is 0.154. The second kappa shape index (κ2) is 10.8. The van der Waals surface area contributed by atoms with Crippen LogP contribution in [0.5, 0.6) is 5.75 Å². The Bertz CT molecular complexity index is 1550. The van der Waals surface area contributed by atoms with E-state index in [0.717, 1.165) is 27.7 Å². The molecule has 0 bridgehead atoms. The summed E-state index contributed by atoms with van der Waals surface area (Å²) in [5.41, 5.74) is 1.34. The van der Waals surface area contributed by atoms with E-state index in [2.05, 4.69) is 27.6 Å². The molecular weight excluding hydrogens is 678 g/mol. The van der Waals surface area contributed by atoms with Crippen LogP contribution in [0.25, 0.3) is 11.6 Å². The zero-order valence-electron chi connectivity index (χ0n) is 20.3. The number of hydrogen-bond donors (Lipinski definition) is 0. The van der Waals surface area contributed by atoms with Crippen molar-refractivity contribution in [2.24, 2.45) is 0 Å². The Morgan fingerprint density at radius 3 is 2.08 bits per heavy atom. The van der Waals surface area contributed by atoms with Crippen molar-refractivity contribution in [2.75, 3.05) is 12.0 Å². The Hall–Kier alpha value is -3.98. The normalized spacial score (nSPS) is 11.2. The van der Waals surface area contributed by atoms with Gasteiger partial charge in [-0.2, -0.15) is 13.2 Å². The molecule has 0 N–H and O–H groups in total. The first-order valence-corrected chi connectivity index (χ1v) is 11.1. The fourth-order valence-electron chi connectivity index (χ4n) is 3.66. The molecule has 196 valence electrons. The summed E-state index contributed by atoms with van der Waals surface area (Å²) >= 11 is 0. The van der Waals surface area contributed by atoms with Gasteiger partial charge in [0.25, 0.3) is 0 Å².